The van der Waals surface area contributed by atoms with E-state index in [1.165, 1.54) is 43.9 Å². The third kappa shape index (κ3) is 4.43. The van der Waals surface area contributed by atoms with E-state index in [1.54, 1.807) is 30.3 Å². The van der Waals surface area contributed by atoms with Crippen molar-refractivity contribution in [3.63, 3.8) is 0 Å². The molecule has 0 aliphatic heterocycles. The van der Waals surface area contributed by atoms with E-state index >= 15 is 0 Å². The molecule has 29 heavy (non-hydrogen) atoms. The van der Waals surface area contributed by atoms with Crippen LogP contribution in [0.3, 0.4) is 0 Å². The van der Waals surface area contributed by atoms with Crippen molar-refractivity contribution in [1.29, 1.82) is 0 Å². The number of hydrogen-bond donors (Lipinski definition) is 2. The summed E-state index contributed by atoms with van der Waals surface area (Å²) in [5, 5.41) is 3.53. The number of sulfonamides is 1. The zero-order valence-electron chi connectivity index (χ0n) is 16.3. The predicted octanol–water partition coefficient (Wildman–Crippen LogP) is 4.70. The second-order valence-corrected chi connectivity index (χ2v) is 10.4. The van der Waals surface area contributed by atoms with E-state index in [2.05, 4.69) is 17.0 Å². The summed E-state index contributed by atoms with van der Waals surface area (Å²) in [5.41, 5.74) is 0.714. The molecule has 2 aliphatic rings. The average molecular weight is 433 g/mol. The molecule has 2 N–H and O–H groups in total. The van der Waals surface area contributed by atoms with E-state index in [0.29, 0.717) is 28.1 Å². The summed E-state index contributed by atoms with van der Waals surface area (Å²) in [6.45, 7) is 2.06. The van der Waals surface area contributed by atoms with Gasteiger partial charge in [-0.2, -0.15) is 0 Å². The summed E-state index contributed by atoms with van der Waals surface area (Å²) in [5.74, 6) is 1.81. The van der Waals surface area contributed by atoms with Crippen LogP contribution in [0.25, 0.3) is 0 Å². The number of carbonyl (C=O) groups is 1. The van der Waals surface area contributed by atoms with Gasteiger partial charge < -0.3 is 5.32 Å². The Labute approximate surface area is 176 Å². The first-order valence-corrected chi connectivity index (χ1v) is 11.9. The van der Waals surface area contributed by atoms with Gasteiger partial charge in [0.15, 0.2) is 0 Å². The van der Waals surface area contributed by atoms with Crippen LogP contribution in [-0.2, 0) is 10.0 Å². The highest BCUT2D eigenvalue weighted by Gasteiger charge is 2.42. The molecular weight excluding hydrogens is 408 g/mol. The summed E-state index contributed by atoms with van der Waals surface area (Å²) >= 11 is 5.92. The Hall–Kier alpha value is -2.05. The zero-order chi connectivity index (χ0) is 20.6. The Balaban J connectivity index is 1.47. The number of amides is 1. The van der Waals surface area contributed by atoms with Gasteiger partial charge in [-0.05, 0) is 80.3 Å². The molecule has 2 saturated carbocycles. The van der Waals surface area contributed by atoms with E-state index in [0.717, 1.165) is 5.92 Å². The normalized spacial score (nSPS) is 24.3. The molecule has 2 aliphatic carbocycles. The Kier molecular flexibility index (Phi) is 5.58. The lowest BCUT2D eigenvalue weighted by Gasteiger charge is -2.28. The van der Waals surface area contributed by atoms with E-state index in [4.69, 9.17) is 11.6 Å². The van der Waals surface area contributed by atoms with Gasteiger partial charge in [-0.25, -0.2) is 8.42 Å². The minimum atomic E-state index is -3.83. The second kappa shape index (κ2) is 8.00. The highest BCUT2D eigenvalue weighted by atomic mass is 35.5. The highest BCUT2D eigenvalue weighted by Crippen LogP contribution is 2.49. The van der Waals surface area contributed by atoms with Gasteiger partial charge >= 0.3 is 0 Å². The summed E-state index contributed by atoms with van der Waals surface area (Å²) in [4.78, 5) is 12.8. The number of carbonyl (C=O) groups excluding carboxylic acids is 1. The molecule has 1 amide bonds. The van der Waals surface area contributed by atoms with Gasteiger partial charge in [0.2, 0.25) is 0 Å². The lowest BCUT2D eigenvalue weighted by Crippen LogP contribution is -2.40. The van der Waals surface area contributed by atoms with Crippen LogP contribution >= 0.6 is 11.6 Å². The first-order chi connectivity index (χ1) is 13.8. The molecule has 7 heteroatoms. The predicted molar refractivity (Wildman–Crippen MR) is 115 cm³/mol. The van der Waals surface area contributed by atoms with Gasteiger partial charge in [0.1, 0.15) is 0 Å². The van der Waals surface area contributed by atoms with Crippen molar-refractivity contribution in [2.24, 2.45) is 17.8 Å². The van der Waals surface area contributed by atoms with Crippen molar-refractivity contribution >= 4 is 33.2 Å². The van der Waals surface area contributed by atoms with E-state index in [9.17, 15) is 13.2 Å². The fraction of sp³-hybridized carbons (Fsp3) is 0.409. The monoisotopic (exact) mass is 432 g/mol. The van der Waals surface area contributed by atoms with Gasteiger partial charge in [-0.3, -0.25) is 9.52 Å². The first-order valence-electron chi connectivity index (χ1n) is 10.0. The summed E-state index contributed by atoms with van der Waals surface area (Å²) in [7, 11) is -3.83. The maximum atomic E-state index is 12.8. The number of halogens is 1. The van der Waals surface area contributed by atoms with Crippen molar-refractivity contribution in [1.82, 2.24) is 5.32 Å². The third-order valence-corrected chi connectivity index (χ3v) is 7.89. The zero-order valence-corrected chi connectivity index (χ0v) is 17.8. The van der Waals surface area contributed by atoms with Crippen LogP contribution < -0.4 is 10.0 Å². The molecule has 0 unspecified atom stereocenters. The summed E-state index contributed by atoms with van der Waals surface area (Å²) in [6.07, 6.45) is 5.05. The lowest BCUT2D eigenvalue weighted by atomic mass is 9.84. The van der Waals surface area contributed by atoms with Crippen molar-refractivity contribution in [3.05, 3.63) is 59.1 Å². The van der Waals surface area contributed by atoms with E-state index in [-0.39, 0.29) is 16.8 Å². The molecule has 0 aromatic heterocycles. The minimum absolute atomic E-state index is 0.0395. The molecule has 2 aromatic rings. The van der Waals surface area contributed by atoms with E-state index < -0.39 is 10.0 Å². The molecule has 5 nitrogen and oxygen atoms in total. The smallest absolute Gasteiger partial charge is 0.261 e. The Morgan fingerprint density at radius 1 is 1.10 bits per heavy atom. The Morgan fingerprint density at radius 2 is 1.90 bits per heavy atom. The molecule has 154 valence electrons. The van der Waals surface area contributed by atoms with E-state index in [1.807, 2.05) is 0 Å². The molecule has 0 spiro atoms. The maximum Gasteiger partial charge on any atom is 0.261 e. The lowest BCUT2D eigenvalue weighted by molar-refractivity contribution is 0.0915. The molecule has 0 heterocycles. The Bertz CT molecular complexity index is 1020. The van der Waals surface area contributed by atoms with Crippen molar-refractivity contribution in [3.8, 4) is 0 Å². The third-order valence-electron chi connectivity index (χ3n) is 6.28. The number of hydrogen-bond acceptors (Lipinski definition) is 3. The van der Waals surface area contributed by atoms with Crippen LogP contribution in [0.5, 0.6) is 0 Å². The topological polar surface area (TPSA) is 75.3 Å². The fourth-order valence-corrected chi connectivity index (χ4v) is 6.16. The summed E-state index contributed by atoms with van der Waals surface area (Å²) < 4.78 is 27.9. The van der Waals surface area contributed by atoms with Crippen LogP contribution in [0.2, 0.25) is 5.02 Å². The molecule has 2 bridgehead atoms. The van der Waals surface area contributed by atoms with Gasteiger partial charge in [0.05, 0.1) is 10.6 Å². The molecular formula is C22H25ClN2O3S. The van der Waals surface area contributed by atoms with Gasteiger partial charge in [-0.15, -0.1) is 0 Å². The minimum Gasteiger partial charge on any atom is -0.349 e. The molecule has 2 aromatic carbocycles. The Morgan fingerprint density at radius 3 is 2.59 bits per heavy atom. The number of rotatable bonds is 6. The van der Waals surface area contributed by atoms with Crippen LogP contribution in [0.1, 0.15) is 43.0 Å². The molecule has 2 fully saturated rings. The second-order valence-electron chi connectivity index (χ2n) is 8.24. The molecule has 0 radical (unpaired) electrons. The summed E-state index contributed by atoms with van der Waals surface area (Å²) in [6, 6.07) is 12.7. The number of benzene rings is 2. The van der Waals surface area contributed by atoms with Gasteiger partial charge in [-0.1, -0.05) is 30.2 Å². The van der Waals surface area contributed by atoms with Crippen molar-refractivity contribution in [2.45, 2.75) is 43.5 Å². The average Bonchev–Trinajstić information content (AvgIpc) is 3.31. The van der Waals surface area contributed by atoms with Crippen molar-refractivity contribution in [2.75, 3.05) is 4.72 Å². The molecule has 4 atom stereocenters. The van der Waals surface area contributed by atoms with Crippen LogP contribution in [0.15, 0.2) is 53.4 Å². The first kappa shape index (κ1) is 20.2. The van der Waals surface area contributed by atoms with Crippen molar-refractivity contribution < 1.29 is 13.2 Å². The molecule has 4 rings (SSSR count). The van der Waals surface area contributed by atoms with Crippen LogP contribution in [0, 0.1) is 17.8 Å². The SMILES string of the molecule is C[C@H](NC(=O)c1cccc(S(=O)(=O)Nc2cccc(Cl)c2)c1)[C@@H]1C[C@H]2CC[C@H]1C2. The number of fused-ring (bicyclic) bond motifs is 2. The molecule has 0 saturated heterocycles. The van der Waals surface area contributed by atoms with Gasteiger partial charge in [0, 0.05) is 16.6 Å². The van der Waals surface area contributed by atoms with Crippen LogP contribution in [-0.4, -0.2) is 20.4 Å². The fourth-order valence-electron chi connectivity index (χ4n) is 4.87. The van der Waals surface area contributed by atoms with Crippen LogP contribution in [0.4, 0.5) is 5.69 Å². The quantitative estimate of drug-likeness (QED) is 0.694. The number of nitrogens with one attached hydrogen (secondary N) is 2. The van der Waals surface area contributed by atoms with Gasteiger partial charge in [0.25, 0.3) is 15.9 Å². The maximum absolute atomic E-state index is 12.8. The highest BCUT2D eigenvalue weighted by molar-refractivity contribution is 7.92. The largest absolute Gasteiger partial charge is 0.349 e. The number of anilines is 1. The standard InChI is InChI=1S/C22H25ClN2O3S/c1-14(21-11-15-8-9-16(21)10-15)24-22(26)17-4-2-7-20(12-17)29(27,28)25-19-6-3-5-18(23)13-19/h2-7,12-16,21,25H,8-11H2,1H3,(H,24,26)/t14-,15-,16-,21-/m0/s1.